The van der Waals surface area contributed by atoms with E-state index in [1.807, 2.05) is 0 Å². The number of rotatable bonds is 3. The minimum atomic E-state index is -0.653. The van der Waals surface area contributed by atoms with E-state index in [0.717, 1.165) is 0 Å². The van der Waals surface area contributed by atoms with Gasteiger partial charge < -0.3 is 11.1 Å². The summed E-state index contributed by atoms with van der Waals surface area (Å²) in [5, 5.41) is 8.45. The van der Waals surface area contributed by atoms with Crippen molar-refractivity contribution in [1.82, 2.24) is 10.2 Å². The number of aromatic nitrogens is 2. The van der Waals surface area contributed by atoms with E-state index in [0.29, 0.717) is 17.8 Å². The van der Waals surface area contributed by atoms with Gasteiger partial charge in [0.15, 0.2) is 0 Å². The Morgan fingerprint density at radius 1 is 1.75 bits per heavy atom. The van der Waals surface area contributed by atoms with Gasteiger partial charge in [-0.3, -0.25) is 14.7 Å². The van der Waals surface area contributed by atoms with Crippen molar-refractivity contribution in [2.24, 2.45) is 5.73 Å². The van der Waals surface area contributed by atoms with Crippen molar-refractivity contribution in [3.63, 3.8) is 0 Å². The summed E-state index contributed by atoms with van der Waals surface area (Å²) in [4.78, 5) is 20.8. The molecule has 1 heterocycles. The quantitative estimate of drug-likeness (QED) is 0.524. The Labute approximate surface area is 68.1 Å². The molecule has 0 saturated carbocycles. The smallest absolute Gasteiger partial charge is 0.268 e. The first-order valence-electron chi connectivity index (χ1n) is 3.21. The van der Waals surface area contributed by atoms with E-state index < -0.39 is 5.91 Å². The highest BCUT2D eigenvalue weighted by Gasteiger charge is 2.13. The summed E-state index contributed by atoms with van der Waals surface area (Å²) in [5.41, 5.74) is 5.96. The minimum absolute atomic E-state index is 0.111. The van der Waals surface area contributed by atoms with E-state index in [1.54, 1.807) is 6.92 Å². The molecule has 0 saturated heterocycles. The van der Waals surface area contributed by atoms with E-state index in [1.165, 1.54) is 0 Å². The normalized spacial score (nSPS) is 9.42. The van der Waals surface area contributed by atoms with Crippen molar-refractivity contribution in [2.75, 3.05) is 5.32 Å². The molecule has 0 spiro atoms. The topological polar surface area (TPSA) is 101 Å². The van der Waals surface area contributed by atoms with Crippen molar-refractivity contribution < 1.29 is 9.59 Å². The summed E-state index contributed by atoms with van der Waals surface area (Å²) in [6, 6.07) is 0. The van der Waals surface area contributed by atoms with Gasteiger partial charge in [-0.25, -0.2) is 0 Å². The molecule has 0 atom stereocenters. The number of aryl methyl sites for hydroxylation is 1. The fourth-order valence-corrected chi connectivity index (χ4v) is 0.846. The van der Waals surface area contributed by atoms with Crippen LogP contribution in [0.5, 0.6) is 0 Å². The molecule has 0 aliphatic heterocycles. The van der Waals surface area contributed by atoms with Crippen LogP contribution in [0.15, 0.2) is 0 Å². The first kappa shape index (κ1) is 8.25. The molecule has 1 aromatic rings. The molecule has 6 nitrogen and oxygen atoms in total. The Morgan fingerprint density at radius 2 is 2.42 bits per heavy atom. The second-order valence-electron chi connectivity index (χ2n) is 2.19. The lowest BCUT2D eigenvalue weighted by Gasteiger charge is -1.96. The van der Waals surface area contributed by atoms with Crippen molar-refractivity contribution in [3.05, 3.63) is 11.4 Å². The Hall–Kier alpha value is -1.85. The van der Waals surface area contributed by atoms with Crippen LogP contribution in [0.25, 0.3) is 0 Å². The van der Waals surface area contributed by atoms with Crippen LogP contribution < -0.4 is 11.1 Å². The van der Waals surface area contributed by atoms with Crippen LogP contribution in [0, 0.1) is 6.92 Å². The lowest BCUT2D eigenvalue weighted by Crippen LogP contribution is -2.14. The van der Waals surface area contributed by atoms with Crippen molar-refractivity contribution >= 4 is 18.0 Å². The molecule has 0 aliphatic rings. The first-order chi connectivity index (χ1) is 5.66. The highest BCUT2D eigenvalue weighted by molar-refractivity contribution is 5.98. The number of carbonyl (C=O) groups is 2. The monoisotopic (exact) mass is 168 g/mol. The molecular weight excluding hydrogens is 160 g/mol. The highest BCUT2D eigenvalue weighted by Crippen LogP contribution is 2.15. The Balaban J connectivity index is 3.11. The molecule has 4 N–H and O–H groups in total. The summed E-state index contributed by atoms with van der Waals surface area (Å²) in [6.07, 6.45) is 0.463. The predicted octanol–water partition coefficient (Wildman–Crippen LogP) is -0.615. The van der Waals surface area contributed by atoms with Crippen LogP contribution in [0.1, 0.15) is 16.2 Å². The third-order valence-corrected chi connectivity index (χ3v) is 1.40. The number of carbonyl (C=O) groups excluding carboxylic acids is 2. The number of hydrogen-bond acceptors (Lipinski definition) is 3. The van der Waals surface area contributed by atoms with E-state index in [4.69, 9.17) is 5.73 Å². The summed E-state index contributed by atoms with van der Waals surface area (Å²) in [6.45, 7) is 1.65. The molecule has 0 radical (unpaired) electrons. The van der Waals surface area contributed by atoms with Gasteiger partial charge in [0.2, 0.25) is 6.41 Å². The Bertz CT molecular complexity index is 317. The van der Waals surface area contributed by atoms with Crippen LogP contribution in [0.3, 0.4) is 0 Å². The number of nitrogens with one attached hydrogen (secondary N) is 2. The highest BCUT2D eigenvalue weighted by atomic mass is 16.1. The van der Waals surface area contributed by atoms with Crippen molar-refractivity contribution in [2.45, 2.75) is 6.92 Å². The molecular formula is C6H8N4O2. The fourth-order valence-electron chi connectivity index (χ4n) is 0.846. The number of primary amides is 1. The summed E-state index contributed by atoms with van der Waals surface area (Å²) >= 11 is 0. The van der Waals surface area contributed by atoms with Gasteiger partial charge in [-0.2, -0.15) is 5.10 Å². The number of aromatic amines is 1. The molecule has 1 aromatic heterocycles. The standard InChI is InChI=1S/C6H8N4O2/c1-3-4(8-2-11)5(6(7)12)10-9-3/h2H,1H3,(H2,7,12)(H,8,11)(H,9,10). The number of amides is 2. The Kier molecular flexibility index (Phi) is 2.09. The predicted molar refractivity (Wildman–Crippen MR) is 41.5 cm³/mol. The summed E-state index contributed by atoms with van der Waals surface area (Å²) < 4.78 is 0. The number of hydrogen-bond donors (Lipinski definition) is 3. The van der Waals surface area contributed by atoms with Gasteiger partial charge in [-0.05, 0) is 6.92 Å². The van der Waals surface area contributed by atoms with E-state index in [2.05, 4.69) is 15.5 Å². The number of nitrogens with two attached hydrogens (primary N) is 1. The van der Waals surface area contributed by atoms with Crippen LogP contribution in [0.4, 0.5) is 5.69 Å². The maximum atomic E-state index is 10.7. The molecule has 0 aliphatic carbocycles. The van der Waals surface area contributed by atoms with Crippen LogP contribution in [0.2, 0.25) is 0 Å². The average Bonchev–Trinajstić information content (AvgIpc) is 2.34. The number of nitrogens with zero attached hydrogens (tertiary/aromatic N) is 1. The molecule has 6 heteroatoms. The lowest BCUT2D eigenvalue weighted by molar-refractivity contribution is -0.105. The van der Waals surface area contributed by atoms with Gasteiger partial charge in [0.1, 0.15) is 5.69 Å². The van der Waals surface area contributed by atoms with Crippen LogP contribution in [-0.2, 0) is 4.79 Å². The van der Waals surface area contributed by atoms with E-state index >= 15 is 0 Å². The molecule has 0 bridgehead atoms. The first-order valence-corrected chi connectivity index (χ1v) is 3.21. The SMILES string of the molecule is Cc1n[nH]c(C(N)=O)c1NC=O. The molecule has 0 fully saturated rings. The van der Waals surface area contributed by atoms with Crippen molar-refractivity contribution in [1.29, 1.82) is 0 Å². The molecule has 0 aromatic carbocycles. The van der Waals surface area contributed by atoms with Crippen LogP contribution in [-0.4, -0.2) is 22.5 Å². The third kappa shape index (κ3) is 1.26. The second kappa shape index (κ2) is 3.04. The molecule has 64 valence electrons. The lowest BCUT2D eigenvalue weighted by atomic mass is 10.3. The molecule has 1 rings (SSSR count). The second-order valence-corrected chi connectivity index (χ2v) is 2.19. The Morgan fingerprint density at radius 3 is 2.92 bits per heavy atom. The fraction of sp³-hybridized carbons (Fsp3) is 0.167. The zero-order valence-corrected chi connectivity index (χ0v) is 6.42. The zero-order valence-electron chi connectivity index (χ0n) is 6.42. The van der Waals surface area contributed by atoms with Gasteiger partial charge in [0.25, 0.3) is 5.91 Å². The minimum Gasteiger partial charge on any atom is -0.364 e. The van der Waals surface area contributed by atoms with Gasteiger partial charge in [-0.15, -0.1) is 0 Å². The third-order valence-electron chi connectivity index (χ3n) is 1.40. The largest absolute Gasteiger partial charge is 0.364 e. The maximum absolute atomic E-state index is 10.7. The zero-order chi connectivity index (χ0) is 9.14. The maximum Gasteiger partial charge on any atom is 0.268 e. The summed E-state index contributed by atoms with van der Waals surface area (Å²) in [5.74, 6) is -0.653. The van der Waals surface area contributed by atoms with Crippen LogP contribution >= 0.6 is 0 Å². The average molecular weight is 168 g/mol. The van der Waals surface area contributed by atoms with Gasteiger partial charge in [-0.1, -0.05) is 0 Å². The van der Waals surface area contributed by atoms with E-state index in [9.17, 15) is 9.59 Å². The van der Waals surface area contributed by atoms with E-state index in [-0.39, 0.29) is 5.69 Å². The molecule has 12 heavy (non-hydrogen) atoms. The van der Waals surface area contributed by atoms with Gasteiger partial charge >= 0.3 is 0 Å². The number of H-pyrrole nitrogens is 1. The number of anilines is 1. The van der Waals surface area contributed by atoms with Crippen molar-refractivity contribution in [3.8, 4) is 0 Å². The van der Waals surface area contributed by atoms with Gasteiger partial charge in [0, 0.05) is 0 Å². The molecule has 2 amide bonds. The molecule has 0 unspecified atom stereocenters. The summed E-state index contributed by atoms with van der Waals surface area (Å²) in [7, 11) is 0. The van der Waals surface area contributed by atoms with Gasteiger partial charge in [0.05, 0.1) is 11.4 Å².